The van der Waals surface area contributed by atoms with E-state index < -0.39 is 20.5 Å². The molecule has 1 amide bonds. The quantitative estimate of drug-likeness (QED) is 0.366. The lowest BCUT2D eigenvalue weighted by Crippen LogP contribution is -2.50. The Morgan fingerprint density at radius 1 is 1.42 bits per heavy atom. The first-order chi connectivity index (χ1) is 11.0. The van der Waals surface area contributed by atoms with E-state index in [1.54, 1.807) is 6.08 Å². The molecule has 6 heteroatoms. The molecular formula is C18H34N2O3Si. The van der Waals surface area contributed by atoms with E-state index in [2.05, 4.69) is 51.8 Å². The van der Waals surface area contributed by atoms with Gasteiger partial charge in [0.1, 0.15) is 12.1 Å². The normalized spacial score (nSPS) is 15.9. The first-order valence-corrected chi connectivity index (χ1v) is 11.5. The molecule has 138 valence electrons. The standard InChI is InChI=1S/C18H34N2O3Si/c1-9-11-16(21)20-17(22-12-10-2)15(13-19)14(3)23-24(7,8)18(4,5)6/h10,14-15,17H,2,9,11-12H2,1,3-8H3,(H,20,21)/t14-,15-,17+/m1/s1. The van der Waals surface area contributed by atoms with Gasteiger partial charge in [-0.05, 0) is 31.5 Å². The Labute approximate surface area is 148 Å². The van der Waals surface area contributed by atoms with Crippen molar-refractivity contribution in [2.45, 2.75) is 77.9 Å². The van der Waals surface area contributed by atoms with Crippen molar-refractivity contribution < 1.29 is 14.0 Å². The molecular weight excluding hydrogens is 320 g/mol. The second kappa shape index (κ2) is 9.97. The zero-order chi connectivity index (χ0) is 19.0. The number of hydrogen-bond donors (Lipinski definition) is 1. The fraction of sp³-hybridized carbons (Fsp3) is 0.778. The summed E-state index contributed by atoms with van der Waals surface area (Å²) in [6.45, 7) is 18.5. The molecule has 0 heterocycles. The third-order valence-corrected chi connectivity index (χ3v) is 9.02. The van der Waals surface area contributed by atoms with E-state index in [-0.39, 0.29) is 23.7 Å². The minimum Gasteiger partial charge on any atom is -0.413 e. The lowest BCUT2D eigenvalue weighted by molar-refractivity contribution is -0.127. The maximum atomic E-state index is 11.9. The molecule has 0 saturated carbocycles. The Kier molecular flexibility index (Phi) is 9.49. The van der Waals surface area contributed by atoms with Crippen LogP contribution < -0.4 is 5.32 Å². The number of ether oxygens (including phenoxy) is 1. The van der Waals surface area contributed by atoms with Gasteiger partial charge in [0.2, 0.25) is 5.91 Å². The SMILES string of the molecule is C=CCO[C@H](NC(=O)CCC)[C@H](C#N)[C@@H](C)O[Si](C)(C)C(C)(C)C. The van der Waals surface area contributed by atoms with Gasteiger partial charge < -0.3 is 14.5 Å². The molecule has 0 aliphatic heterocycles. The maximum Gasteiger partial charge on any atom is 0.222 e. The average molecular weight is 355 g/mol. The molecule has 0 aromatic carbocycles. The van der Waals surface area contributed by atoms with Gasteiger partial charge in [0, 0.05) is 6.42 Å². The molecule has 24 heavy (non-hydrogen) atoms. The fourth-order valence-corrected chi connectivity index (χ4v) is 3.43. The van der Waals surface area contributed by atoms with Crippen molar-refractivity contribution >= 4 is 14.2 Å². The van der Waals surface area contributed by atoms with Crippen LogP contribution in [0.15, 0.2) is 12.7 Å². The molecule has 0 spiro atoms. The summed E-state index contributed by atoms with van der Waals surface area (Å²) in [5.41, 5.74) is 0. The average Bonchev–Trinajstić information content (AvgIpc) is 2.43. The second-order valence-corrected chi connectivity index (χ2v) is 12.4. The number of carbonyl (C=O) groups is 1. The highest BCUT2D eigenvalue weighted by atomic mass is 28.4. The molecule has 0 fully saturated rings. The first kappa shape index (κ1) is 22.8. The summed E-state index contributed by atoms with van der Waals surface area (Å²) in [4.78, 5) is 11.9. The van der Waals surface area contributed by atoms with Crippen LogP contribution in [0, 0.1) is 17.2 Å². The van der Waals surface area contributed by atoms with E-state index >= 15 is 0 Å². The van der Waals surface area contributed by atoms with Crippen molar-refractivity contribution in [2.75, 3.05) is 6.61 Å². The van der Waals surface area contributed by atoms with Crippen molar-refractivity contribution in [2.24, 2.45) is 5.92 Å². The monoisotopic (exact) mass is 354 g/mol. The van der Waals surface area contributed by atoms with Gasteiger partial charge >= 0.3 is 0 Å². The molecule has 1 N–H and O–H groups in total. The van der Waals surface area contributed by atoms with Crippen LogP contribution in [0.2, 0.25) is 18.1 Å². The Morgan fingerprint density at radius 3 is 2.42 bits per heavy atom. The van der Waals surface area contributed by atoms with Crippen LogP contribution in [0.4, 0.5) is 0 Å². The molecule has 0 saturated heterocycles. The molecule has 0 bridgehead atoms. The van der Waals surface area contributed by atoms with E-state index in [0.717, 1.165) is 6.42 Å². The Balaban J connectivity index is 5.20. The van der Waals surface area contributed by atoms with Crippen LogP contribution in [0.25, 0.3) is 0 Å². The van der Waals surface area contributed by atoms with Crippen LogP contribution in [0.1, 0.15) is 47.5 Å². The van der Waals surface area contributed by atoms with Gasteiger partial charge in [0.05, 0.1) is 18.8 Å². The van der Waals surface area contributed by atoms with Gasteiger partial charge in [-0.15, -0.1) is 6.58 Å². The third kappa shape index (κ3) is 7.16. The number of nitrogens with one attached hydrogen (secondary N) is 1. The van der Waals surface area contributed by atoms with Crippen LogP contribution >= 0.6 is 0 Å². The van der Waals surface area contributed by atoms with Gasteiger partial charge in [-0.3, -0.25) is 4.79 Å². The minimum absolute atomic E-state index is 0.0458. The fourth-order valence-electron chi connectivity index (χ4n) is 2.00. The van der Waals surface area contributed by atoms with Crippen LogP contribution in [0.5, 0.6) is 0 Å². The van der Waals surface area contributed by atoms with Crippen molar-refractivity contribution in [3.05, 3.63) is 12.7 Å². The van der Waals surface area contributed by atoms with E-state index in [0.29, 0.717) is 6.42 Å². The summed E-state index contributed by atoms with van der Waals surface area (Å²) in [5.74, 6) is -0.703. The molecule has 5 nitrogen and oxygen atoms in total. The van der Waals surface area contributed by atoms with E-state index in [1.165, 1.54) is 0 Å². The molecule has 0 aliphatic carbocycles. The summed E-state index contributed by atoms with van der Waals surface area (Å²) >= 11 is 0. The number of rotatable bonds is 10. The molecule has 3 atom stereocenters. The van der Waals surface area contributed by atoms with Gasteiger partial charge in [-0.2, -0.15) is 5.26 Å². The topological polar surface area (TPSA) is 71.3 Å². The highest BCUT2D eigenvalue weighted by molar-refractivity contribution is 6.74. The zero-order valence-corrected chi connectivity index (χ0v) is 17.3. The van der Waals surface area contributed by atoms with Crippen LogP contribution in [0.3, 0.4) is 0 Å². The van der Waals surface area contributed by atoms with Crippen LogP contribution in [-0.4, -0.2) is 33.2 Å². The summed E-state index contributed by atoms with van der Waals surface area (Å²) in [7, 11) is -2.02. The Bertz CT molecular complexity index is 452. The van der Waals surface area contributed by atoms with E-state index in [1.807, 2.05) is 13.8 Å². The van der Waals surface area contributed by atoms with E-state index in [4.69, 9.17) is 9.16 Å². The molecule has 0 aromatic heterocycles. The van der Waals surface area contributed by atoms with Crippen molar-refractivity contribution in [1.29, 1.82) is 5.26 Å². The molecule has 0 aromatic rings. The largest absolute Gasteiger partial charge is 0.413 e. The van der Waals surface area contributed by atoms with Gasteiger partial charge in [-0.1, -0.05) is 33.8 Å². The number of nitrogens with zero attached hydrogens (tertiary/aromatic N) is 1. The lowest BCUT2D eigenvalue weighted by Gasteiger charge is -2.40. The molecule has 0 radical (unpaired) electrons. The molecule has 0 aliphatic rings. The second-order valence-electron chi connectivity index (χ2n) is 7.60. The van der Waals surface area contributed by atoms with Crippen molar-refractivity contribution in [1.82, 2.24) is 5.32 Å². The minimum atomic E-state index is -2.02. The maximum absolute atomic E-state index is 11.9. The number of hydrogen-bond acceptors (Lipinski definition) is 4. The summed E-state index contributed by atoms with van der Waals surface area (Å²) in [6, 6.07) is 2.26. The van der Waals surface area contributed by atoms with Gasteiger partial charge in [0.25, 0.3) is 0 Å². The number of nitriles is 1. The zero-order valence-electron chi connectivity index (χ0n) is 16.3. The smallest absolute Gasteiger partial charge is 0.222 e. The van der Waals surface area contributed by atoms with E-state index in [9.17, 15) is 10.1 Å². The predicted molar refractivity (Wildman–Crippen MR) is 99.8 cm³/mol. The lowest BCUT2D eigenvalue weighted by atomic mass is 10.0. The number of amides is 1. The number of carbonyl (C=O) groups excluding carboxylic acids is 1. The van der Waals surface area contributed by atoms with Gasteiger partial charge in [-0.25, -0.2) is 0 Å². The van der Waals surface area contributed by atoms with Crippen LogP contribution in [-0.2, 0) is 14.0 Å². The summed E-state index contributed by atoms with van der Waals surface area (Å²) < 4.78 is 12.0. The summed E-state index contributed by atoms with van der Waals surface area (Å²) in [5, 5.41) is 12.5. The first-order valence-electron chi connectivity index (χ1n) is 8.59. The van der Waals surface area contributed by atoms with Gasteiger partial charge in [0.15, 0.2) is 8.32 Å². The van der Waals surface area contributed by atoms with Crippen molar-refractivity contribution in [3.8, 4) is 6.07 Å². The highest BCUT2D eigenvalue weighted by Crippen LogP contribution is 2.38. The third-order valence-electron chi connectivity index (χ3n) is 4.44. The Morgan fingerprint density at radius 2 is 2.00 bits per heavy atom. The Hall–Kier alpha value is -1.16. The van der Waals surface area contributed by atoms with Crippen molar-refractivity contribution in [3.63, 3.8) is 0 Å². The highest BCUT2D eigenvalue weighted by Gasteiger charge is 2.41. The summed E-state index contributed by atoms with van der Waals surface area (Å²) in [6.07, 6.45) is 1.71. The molecule has 0 unspecified atom stereocenters. The predicted octanol–water partition coefficient (Wildman–Crippen LogP) is 3.98. The molecule has 0 rings (SSSR count).